The number of nitrogens with zero attached hydrogens (tertiary/aromatic N) is 1. The lowest BCUT2D eigenvalue weighted by atomic mass is 10.0. The molecule has 3 nitrogen and oxygen atoms in total. The molecule has 1 heterocycles. The fourth-order valence-corrected chi connectivity index (χ4v) is 2.21. The number of aromatic hydroxyl groups is 1. The van der Waals surface area contributed by atoms with Gasteiger partial charge in [-0.25, -0.2) is 0 Å². The molecular formula is C13H17NO2. The number of amides is 1. The number of hydrogen-bond acceptors (Lipinski definition) is 2. The van der Waals surface area contributed by atoms with Gasteiger partial charge in [0.15, 0.2) is 0 Å². The molecule has 3 heteroatoms. The standard InChI is InChI=1S/C13H17NO2/c1-10-6-4-5-9-14(10)13(16)11-7-2-3-8-12(11)15/h2-3,7-8,10,15H,4-6,9H2,1H3. The first-order valence-corrected chi connectivity index (χ1v) is 5.79. The number of para-hydroxylation sites is 1. The highest BCUT2D eigenvalue weighted by molar-refractivity contribution is 5.97. The smallest absolute Gasteiger partial charge is 0.257 e. The van der Waals surface area contributed by atoms with Crippen LogP contribution in [0.5, 0.6) is 5.75 Å². The predicted molar refractivity (Wildman–Crippen MR) is 62.5 cm³/mol. The van der Waals surface area contributed by atoms with E-state index in [1.54, 1.807) is 24.3 Å². The minimum Gasteiger partial charge on any atom is -0.507 e. The summed E-state index contributed by atoms with van der Waals surface area (Å²) in [5.74, 6) is 0.0237. The fraction of sp³-hybridized carbons (Fsp3) is 0.462. The second-order valence-corrected chi connectivity index (χ2v) is 4.36. The van der Waals surface area contributed by atoms with E-state index in [4.69, 9.17) is 0 Å². The number of hydrogen-bond donors (Lipinski definition) is 1. The van der Waals surface area contributed by atoms with E-state index >= 15 is 0 Å². The molecule has 1 atom stereocenters. The van der Waals surface area contributed by atoms with Crippen LogP contribution in [-0.4, -0.2) is 28.5 Å². The molecule has 0 saturated carbocycles. The molecule has 1 fully saturated rings. The Morgan fingerprint density at radius 2 is 2.12 bits per heavy atom. The minimum absolute atomic E-state index is 0.0506. The summed E-state index contributed by atoms with van der Waals surface area (Å²) in [6.45, 7) is 2.87. The Balaban J connectivity index is 2.21. The zero-order chi connectivity index (χ0) is 11.5. The van der Waals surface area contributed by atoms with Gasteiger partial charge in [0.1, 0.15) is 5.75 Å². The monoisotopic (exact) mass is 219 g/mol. The van der Waals surface area contributed by atoms with Crippen LogP contribution in [0.25, 0.3) is 0 Å². The molecular weight excluding hydrogens is 202 g/mol. The van der Waals surface area contributed by atoms with Crippen LogP contribution >= 0.6 is 0 Å². The summed E-state index contributed by atoms with van der Waals surface area (Å²) in [5, 5.41) is 9.65. The van der Waals surface area contributed by atoms with Crippen molar-refractivity contribution in [3.8, 4) is 5.75 Å². The van der Waals surface area contributed by atoms with Gasteiger partial charge in [-0.2, -0.15) is 0 Å². The molecule has 0 aromatic heterocycles. The van der Waals surface area contributed by atoms with Crippen molar-refractivity contribution in [2.24, 2.45) is 0 Å². The van der Waals surface area contributed by atoms with Gasteiger partial charge < -0.3 is 10.0 Å². The van der Waals surface area contributed by atoms with Crippen LogP contribution < -0.4 is 0 Å². The second-order valence-electron chi connectivity index (χ2n) is 4.36. The van der Waals surface area contributed by atoms with E-state index in [0.717, 1.165) is 19.4 Å². The minimum atomic E-state index is -0.0506. The molecule has 1 unspecified atom stereocenters. The van der Waals surface area contributed by atoms with Crippen LogP contribution in [0, 0.1) is 0 Å². The molecule has 1 aromatic carbocycles. The average molecular weight is 219 g/mol. The van der Waals surface area contributed by atoms with Gasteiger partial charge >= 0.3 is 0 Å². The first kappa shape index (κ1) is 11.0. The molecule has 0 spiro atoms. The molecule has 1 amide bonds. The van der Waals surface area contributed by atoms with Crippen molar-refractivity contribution in [3.05, 3.63) is 29.8 Å². The van der Waals surface area contributed by atoms with Crippen molar-refractivity contribution in [1.82, 2.24) is 4.90 Å². The van der Waals surface area contributed by atoms with Crippen molar-refractivity contribution in [2.75, 3.05) is 6.54 Å². The highest BCUT2D eigenvalue weighted by Gasteiger charge is 2.25. The maximum absolute atomic E-state index is 12.2. The highest BCUT2D eigenvalue weighted by Crippen LogP contribution is 2.23. The second kappa shape index (κ2) is 4.56. The Bertz CT molecular complexity index is 389. The normalized spacial score (nSPS) is 20.8. The van der Waals surface area contributed by atoms with Gasteiger partial charge in [0.2, 0.25) is 0 Å². The fourth-order valence-electron chi connectivity index (χ4n) is 2.21. The van der Waals surface area contributed by atoms with E-state index in [9.17, 15) is 9.90 Å². The van der Waals surface area contributed by atoms with Gasteiger partial charge in [-0.05, 0) is 38.3 Å². The van der Waals surface area contributed by atoms with Crippen LogP contribution in [0.1, 0.15) is 36.5 Å². The quantitative estimate of drug-likeness (QED) is 0.788. The molecule has 1 aromatic rings. The summed E-state index contributed by atoms with van der Waals surface area (Å²) in [4.78, 5) is 14.1. The summed E-state index contributed by atoms with van der Waals surface area (Å²) >= 11 is 0. The molecule has 16 heavy (non-hydrogen) atoms. The Morgan fingerprint density at radius 1 is 1.38 bits per heavy atom. The van der Waals surface area contributed by atoms with Crippen molar-refractivity contribution in [1.29, 1.82) is 0 Å². The lowest BCUT2D eigenvalue weighted by Gasteiger charge is -2.33. The predicted octanol–water partition coefficient (Wildman–Crippen LogP) is 2.41. The first-order chi connectivity index (χ1) is 7.70. The zero-order valence-electron chi connectivity index (χ0n) is 9.52. The van der Waals surface area contributed by atoms with Gasteiger partial charge in [-0.15, -0.1) is 0 Å². The number of benzene rings is 1. The average Bonchev–Trinajstić information content (AvgIpc) is 2.29. The van der Waals surface area contributed by atoms with E-state index in [0.29, 0.717) is 5.56 Å². The van der Waals surface area contributed by atoms with Crippen molar-refractivity contribution < 1.29 is 9.90 Å². The van der Waals surface area contributed by atoms with Gasteiger partial charge in [-0.1, -0.05) is 12.1 Å². The van der Waals surface area contributed by atoms with Crippen molar-refractivity contribution in [2.45, 2.75) is 32.2 Å². The van der Waals surface area contributed by atoms with Gasteiger partial charge in [0.05, 0.1) is 5.56 Å². The highest BCUT2D eigenvalue weighted by atomic mass is 16.3. The first-order valence-electron chi connectivity index (χ1n) is 5.79. The number of carbonyl (C=O) groups is 1. The van der Waals surface area contributed by atoms with Gasteiger partial charge in [0.25, 0.3) is 5.91 Å². The zero-order valence-corrected chi connectivity index (χ0v) is 9.52. The molecule has 0 aliphatic carbocycles. The Labute approximate surface area is 95.7 Å². The molecule has 0 bridgehead atoms. The van der Waals surface area contributed by atoms with Crippen LogP contribution in [0.2, 0.25) is 0 Å². The number of rotatable bonds is 1. The molecule has 1 saturated heterocycles. The third kappa shape index (κ3) is 2.03. The summed E-state index contributed by atoms with van der Waals surface area (Å²) < 4.78 is 0. The Kier molecular flexibility index (Phi) is 3.13. The molecule has 2 rings (SSSR count). The number of piperidine rings is 1. The number of likely N-dealkylation sites (tertiary alicyclic amines) is 1. The lowest BCUT2D eigenvalue weighted by Crippen LogP contribution is -2.42. The van der Waals surface area contributed by atoms with Crippen LogP contribution in [0.3, 0.4) is 0 Å². The Hall–Kier alpha value is -1.51. The number of phenols is 1. The maximum atomic E-state index is 12.2. The third-order valence-electron chi connectivity index (χ3n) is 3.20. The van der Waals surface area contributed by atoms with Gasteiger partial charge in [-0.3, -0.25) is 4.79 Å². The topological polar surface area (TPSA) is 40.5 Å². The van der Waals surface area contributed by atoms with Crippen molar-refractivity contribution in [3.63, 3.8) is 0 Å². The van der Waals surface area contributed by atoms with Crippen LogP contribution in [0.4, 0.5) is 0 Å². The van der Waals surface area contributed by atoms with E-state index in [-0.39, 0.29) is 17.7 Å². The lowest BCUT2D eigenvalue weighted by molar-refractivity contribution is 0.0632. The third-order valence-corrected chi connectivity index (χ3v) is 3.20. The number of carbonyl (C=O) groups excluding carboxylic acids is 1. The van der Waals surface area contributed by atoms with Gasteiger partial charge in [0, 0.05) is 12.6 Å². The largest absolute Gasteiger partial charge is 0.507 e. The van der Waals surface area contributed by atoms with E-state index in [1.165, 1.54) is 6.42 Å². The SMILES string of the molecule is CC1CCCCN1C(=O)c1ccccc1O. The maximum Gasteiger partial charge on any atom is 0.257 e. The van der Waals surface area contributed by atoms with E-state index in [1.807, 2.05) is 4.90 Å². The molecule has 1 aliphatic rings. The summed E-state index contributed by atoms with van der Waals surface area (Å²) in [6.07, 6.45) is 3.30. The van der Waals surface area contributed by atoms with E-state index in [2.05, 4.69) is 6.92 Å². The molecule has 0 radical (unpaired) electrons. The van der Waals surface area contributed by atoms with Crippen LogP contribution in [-0.2, 0) is 0 Å². The summed E-state index contributed by atoms with van der Waals surface area (Å²) in [6, 6.07) is 7.02. The Morgan fingerprint density at radius 3 is 2.81 bits per heavy atom. The molecule has 1 aliphatic heterocycles. The summed E-state index contributed by atoms with van der Waals surface area (Å²) in [7, 11) is 0. The van der Waals surface area contributed by atoms with Crippen LogP contribution in [0.15, 0.2) is 24.3 Å². The molecule has 1 N–H and O–H groups in total. The summed E-state index contributed by atoms with van der Waals surface area (Å²) in [5.41, 5.74) is 0.413. The van der Waals surface area contributed by atoms with Crippen molar-refractivity contribution >= 4 is 5.91 Å². The number of phenolic OH excluding ortho intramolecular Hbond substituents is 1. The van der Waals surface area contributed by atoms with E-state index < -0.39 is 0 Å². The molecule has 86 valence electrons.